The Hall–Kier alpha value is -0.950. The summed E-state index contributed by atoms with van der Waals surface area (Å²) in [7, 11) is 0.567. The molecule has 0 unspecified atom stereocenters. The molecule has 1 aromatic rings. The molecule has 0 saturated heterocycles. The molecule has 6 heteroatoms. The van der Waals surface area contributed by atoms with E-state index in [9.17, 15) is 8.42 Å². The summed E-state index contributed by atoms with van der Waals surface area (Å²) >= 11 is 0. The second-order valence-corrected chi connectivity index (χ2v) is 6.80. The molecule has 0 aliphatic heterocycles. The van der Waals surface area contributed by atoms with Crippen LogP contribution < -0.4 is 10.0 Å². The Labute approximate surface area is 122 Å². The normalized spacial score (nSPS) is 12.0. The van der Waals surface area contributed by atoms with E-state index < -0.39 is 10.0 Å². The fraction of sp³-hybridized carbons (Fsp3) is 0.571. The van der Waals surface area contributed by atoms with Gasteiger partial charge in [0.15, 0.2) is 0 Å². The fourth-order valence-corrected chi connectivity index (χ4v) is 2.83. The first-order chi connectivity index (χ1) is 9.45. The molecule has 0 heterocycles. The van der Waals surface area contributed by atoms with E-state index >= 15 is 0 Å². The van der Waals surface area contributed by atoms with Gasteiger partial charge >= 0.3 is 0 Å². The van der Waals surface area contributed by atoms with Crippen molar-refractivity contribution in [2.75, 3.05) is 33.7 Å². The highest BCUT2D eigenvalue weighted by atomic mass is 32.2. The van der Waals surface area contributed by atoms with Crippen LogP contribution in [-0.4, -0.2) is 47.0 Å². The maximum atomic E-state index is 12.0. The minimum Gasteiger partial charge on any atom is -0.315 e. The standard InChI is InChI=1S/C14H25N3O2S/c1-4-9-15-10-11-16-20(18,19)14-7-5-13(6-8-14)12-17(2)3/h5-8,15-16H,4,9-12H2,1-3H3. The van der Waals surface area contributed by atoms with Gasteiger partial charge in [-0.1, -0.05) is 19.1 Å². The van der Waals surface area contributed by atoms with E-state index in [1.54, 1.807) is 12.1 Å². The highest BCUT2D eigenvalue weighted by molar-refractivity contribution is 7.89. The molecule has 0 radical (unpaired) electrons. The van der Waals surface area contributed by atoms with Crippen LogP contribution in [0.5, 0.6) is 0 Å². The van der Waals surface area contributed by atoms with Gasteiger partial charge in [0, 0.05) is 19.6 Å². The van der Waals surface area contributed by atoms with Gasteiger partial charge in [-0.15, -0.1) is 0 Å². The van der Waals surface area contributed by atoms with Crippen molar-refractivity contribution in [3.63, 3.8) is 0 Å². The van der Waals surface area contributed by atoms with Crippen molar-refractivity contribution < 1.29 is 8.42 Å². The van der Waals surface area contributed by atoms with E-state index in [0.29, 0.717) is 18.0 Å². The SMILES string of the molecule is CCCNCCNS(=O)(=O)c1ccc(CN(C)C)cc1. The number of benzene rings is 1. The Morgan fingerprint density at radius 1 is 1.05 bits per heavy atom. The third-order valence-electron chi connectivity index (χ3n) is 2.75. The van der Waals surface area contributed by atoms with Crippen LogP contribution in [0.25, 0.3) is 0 Å². The summed E-state index contributed by atoms with van der Waals surface area (Å²) in [5.74, 6) is 0. The molecule has 0 aliphatic carbocycles. The monoisotopic (exact) mass is 299 g/mol. The van der Waals surface area contributed by atoms with Crippen molar-refractivity contribution in [2.45, 2.75) is 24.8 Å². The van der Waals surface area contributed by atoms with E-state index in [0.717, 1.165) is 25.1 Å². The van der Waals surface area contributed by atoms with Gasteiger partial charge in [-0.25, -0.2) is 13.1 Å². The first kappa shape index (κ1) is 17.1. The zero-order valence-electron chi connectivity index (χ0n) is 12.5. The minimum absolute atomic E-state index is 0.315. The molecule has 1 aromatic carbocycles. The molecule has 0 atom stereocenters. The van der Waals surface area contributed by atoms with Crippen molar-refractivity contribution in [1.82, 2.24) is 14.9 Å². The summed E-state index contributed by atoms with van der Waals surface area (Å²) in [4.78, 5) is 2.36. The van der Waals surface area contributed by atoms with E-state index in [1.807, 2.05) is 31.1 Å². The summed E-state index contributed by atoms with van der Waals surface area (Å²) in [5.41, 5.74) is 1.10. The number of hydrogen-bond acceptors (Lipinski definition) is 4. The molecule has 0 aromatic heterocycles. The summed E-state index contributed by atoms with van der Waals surface area (Å²) in [5, 5.41) is 3.16. The molecule has 0 spiro atoms. The van der Waals surface area contributed by atoms with Crippen LogP contribution in [0.2, 0.25) is 0 Å². The Kier molecular flexibility index (Phi) is 7.15. The zero-order valence-corrected chi connectivity index (χ0v) is 13.3. The van der Waals surface area contributed by atoms with E-state index in [1.165, 1.54) is 0 Å². The third kappa shape index (κ3) is 6.00. The average Bonchev–Trinajstić information content (AvgIpc) is 2.38. The van der Waals surface area contributed by atoms with Crippen LogP contribution in [-0.2, 0) is 16.6 Å². The van der Waals surface area contributed by atoms with E-state index in [-0.39, 0.29) is 0 Å². The summed E-state index contributed by atoms with van der Waals surface area (Å²) in [6.07, 6.45) is 1.04. The van der Waals surface area contributed by atoms with Crippen molar-refractivity contribution in [3.05, 3.63) is 29.8 Å². The van der Waals surface area contributed by atoms with Gasteiger partial charge in [0.25, 0.3) is 0 Å². The zero-order chi connectivity index (χ0) is 15.0. The molecule has 0 fully saturated rings. The Balaban J connectivity index is 2.54. The van der Waals surface area contributed by atoms with Gasteiger partial charge in [0.2, 0.25) is 10.0 Å². The summed E-state index contributed by atoms with van der Waals surface area (Å²) in [6, 6.07) is 7.01. The van der Waals surface area contributed by atoms with Crippen LogP contribution in [0.3, 0.4) is 0 Å². The lowest BCUT2D eigenvalue weighted by atomic mass is 10.2. The van der Waals surface area contributed by atoms with E-state index in [4.69, 9.17) is 0 Å². The Morgan fingerprint density at radius 2 is 1.70 bits per heavy atom. The largest absolute Gasteiger partial charge is 0.315 e. The van der Waals surface area contributed by atoms with Crippen molar-refractivity contribution >= 4 is 10.0 Å². The van der Waals surface area contributed by atoms with Crippen LogP contribution in [0, 0.1) is 0 Å². The molecule has 0 saturated carbocycles. The average molecular weight is 299 g/mol. The molecule has 0 amide bonds. The maximum absolute atomic E-state index is 12.0. The molecule has 114 valence electrons. The highest BCUT2D eigenvalue weighted by Gasteiger charge is 2.12. The van der Waals surface area contributed by atoms with Gasteiger partial charge in [-0.3, -0.25) is 0 Å². The highest BCUT2D eigenvalue weighted by Crippen LogP contribution is 2.11. The maximum Gasteiger partial charge on any atom is 0.240 e. The van der Waals surface area contributed by atoms with E-state index in [2.05, 4.69) is 17.0 Å². The molecule has 0 bridgehead atoms. The topological polar surface area (TPSA) is 61.4 Å². The molecular weight excluding hydrogens is 274 g/mol. The lowest BCUT2D eigenvalue weighted by Gasteiger charge is -2.11. The quantitative estimate of drug-likeness (QED) is 0.669. The van der Waals surface area contributed by atoms with Crippen molar-refractivity contribution in [1.29, 1.82) is 0 Å². The van der Waals surface area contributed by atoms with Crippen LogP contribution >= 0.6 is 0 Å². The predicted octanol–water partition coefficient (Wildman–Crippen LogP) is 1.03. The van der Waals surface area contributed by atoms with Crippen molar-refractivity contribution in [2.24, 2.45) is 0 Å². The lowest BCUT2D eigenvalue weighted by molar-refractivity contribution is 0.402. The van der Waals surface area contributed by atoms with Crippen LogP contribution in [0.4, 0.5) is 0 Å². The molecule has 20 heavy (non-hydrogen) atoms. The number of nitrogens with zero attached hydrogens (tertiary/aromatic N) is 1. The second-order valence-electron chi connectivity index (χ2n) is 5.03. The van der Waals surface area contributed by atoms with Gasteiger partial charge in [-0.05, 0) is 44.8 Å². The summed E-state index contributed by atoms with van der Waals surface area (Å²) < 4.78 is 26.7. The van der Waals surface area contributed by atoms with Crippen LogP contribution in [0.15, 0.2) is 29.2 Å². The molecule has 2 N–H and O–H groups in total. The Morgan fingerprint density at radius 3 is 2.25 bits per heavy atom. The number of rotatable bonds is 9. The first-order valence-corrected chi connectivity index (χ1v) is 8.38. The van der Waals surface area contributed by atoms with Crippen LogP contribution in [0.1, 0.15) is 18.9 Å². The first-order valence-electron chi connectivity index (χ1n) is 6.89. The molecule has 5 nitrogen and oxygen atoms in total. The molecule has 0 aliphatic rings. The lowest BCUT2D eigenvalue weighted by Crippen LogP contribution is -2.32. The second kappa shape index (κ2) is 8.36. The predicted molar refractivity (Wildman–Crippen MR) is 82.2 cm³/mol. The van der Waals surface area contributed by atoms with Gasteiger partial charge in [0.1, 0.15) is 0 Å². The minimum atomic E-state index is -3.40. The fourth-order valence-electron chi connectivity index (χ4n) is 1.80. The van der Waals surface area contributed by atoms with Gasteiger partial charge in [0.05, 0.1) is 4.90 Å². The number of sulfonamides is 1. The smallest absolute Gasteiger partial charge is 0.240 e. The molecule has 1 rings (SSSR count). The Bertz CT molecular complexity index is 484. The molecular formula is C14H25N3O2S. The third-order valence-corrected chi connectivity index (χ3v) is 4.23. The summed E-state index contributed by atoms with van der Waals surface area (Å²) in [6.45, 7) is 4.83. The van der Waals surface area contributed by atoms with Gasteiger partial charge < -0.3 is 10.2 Å². The van der Waals surface area contributed by atoms with Crippen molar-refractivity contribution in [3.8, 4) is 0 Å². The van der Waals surface area contributed by atoms with Gasteiger partial charge in [-0.2, -0.15) is 0 Å². The number of hydrogen-bond donors (Lipinski definition) is 2. The number of nitrogens with one attached hydrogen (secondary N) is 2.